The quantitative estimate of drug-likeness (QED) is 0.873. The van der Waals surface area contributed by atoms with Crippen molar-refractivity contribution in [3.8, 4) is 0 Å². The molecule has 0 aliphatic heterocycles. The summed E-state index contributed by atoms with van der Waals surface area (Å²) in [5.41, 5.74) is 3.00. The van der Waals surface area contributed by atoms with Gasteiger partial charge in [0.1, 0.15) is 0 Å². The molecule has 0 amide bonds. The van der Waals surface area contributed by atoms with Gasteiger partial charge in [0.15, 0.2) is 0 Å². The van der Waals surface area contributed by atoms with Gasteiger partial charge in [-0.3, -0.25) is 14.0 Å². The number of hydrogen-bond donors (Lipinski definition) is 0. The van der Waals surface area contributed by atoms with Gasteiger partial charge in [-0.2, -0.15) is 5.10 Å². The molecule has 0 radical (unpaired) electrons. The van der Waals surface area contributed by atoms with Gasteiger partial charge in [-0.15, -0.1) is 0 Å². The van der Waals surface area contributed by atoms with Gasteiger partial charge in [-0.05, 0) is 36.7 Å². The second-order valence-electron chi connectivity index (χ2n) is 3.89. The summed E-state index contributed by atoms with van der Waals surface area (Å²) in [5, 5.41) is 6.31. The summed E-state index contributed by atoms with van der Waals surface area (Å²) >= 11 is 4.78. The van der Waals surface area contributed by atoms with Gasteiger partial charge in [0.05, 0.1) is 22.4 Å². The second kappa shape index (κ2) is 4.78. The number of halogens is 1. The minimum absolute atomic E-state index is 0.0795. The van der Waals surface area contributed by atoms with E-state index < -0.39 is 0 Å². The lowest BCUT2D eigenvalue weighted by molar-refractivity contribution is 0.590. The number of thiazole rings is 1. The van der Waals surface area contributed by atoms with E-state index in [1.807, 2.05) is 30.8 Å². The predicted octanol–water partition coefficient (Wildman–Crippen LogP) is 2.55. The summed E-state index contributed by atoms with van der Waals surface area (Å²) in [6, 6.07) is 0. The largest absolute Gasteiger partial charge is 0.307 e. The fourth-order valence-electron chi connectivity index (χ4n) is 1.77. The third-order valence-corrected chi connectivity index (χ3v) is 4.65. The first kappa shape index (κ1) is 12.6. The molecule has 17 heavy (non-hydrogen) atoms. The molecule has 0 aliphatic carbocycles. The second-order valence-corrected chi connectivity index (χ2v) is 5.50. The first-order valence-corrected chi connectivity index (χ1v) is 7.08. The lowest BCUT2D eigenvalue weighted by atomic mass is 10.3. The van der Waals surface area contributed by atoms with E-state index in [1.165, 1.54) is 11.3 Å². The SMILES string of the molecule is CCn1nc(C)c(Br)c1Cn1c(C)csc1=O. The van der Waals surface area contributed by atoms with Gasteiger partial charge in [0, 0.05) is 17.6 Å². The maximum atomic E-state index is 11.7. The highest BCUT2D eigenvalue weighted by atomic mass is 79.9. The minimum Gasteiger partial charge on any atom is -0.297 e. The van der Waals surface area contributed by atoms with Crippen LogP contribution in [0.4, 0.5) is 0 Å². The molecule has 0 fully saturated rings. The Labute approximate surface area is 112 Å². The maximum Gasteiger partial charge on any atom is 0.307 e. The molecular weight excluding hydrogens is 302 g/mol. The molecule has 4 nitrogen and oxygen atoms in total. The molecule has 2 rings (SSSR count). The van der Waals surface area contributed by atoms with Gasteiger partial charge in [-0.1, -0.05) is 11.3 Å². The van der Waals surface area contributed by atoms with Crippen molar-refractivity contribution in [2.24, 2.45) is 0 Å². The fourth-order valence-corrected chi connectivity index (χ4v) is 2.91. The molecular formula is C11H14BrN3OS. The van der Waals surface area contributed by atoms with E-state index in [0.29, 0.717) is 6.54 Å². The molecule has 0 saturated carbocycles. The van der Waals surface area contributed by atoms with Crippen molar-refractivity contribution >= 4 is 27.3 Å². The average molecular weight is 316 g/mol. The Morgan fingerprint density at radius 3 is 2.71 bits per heavy atom. The lowest BCUT2D eigenvalue weighted by Crippen LogP contribution is -2.18. The Balaban J connectivity index is 2.46. The van der Waals surface area contributed by atoms with E-state index in [1.54, 1.807) is 4.57 Å². The zero-order chi connectivity index (χ0) is 12.6. The highest BCUT2D eigenvalue weighted by Crippen LogP contribution is 2.22. The van der Waals surface area contributed by atoms with E-state index in [9.17, 15) is 4.79 Å². The van der Waals surface area contributed by atoms with Crippen molar-refractivity contribution in [2.45, 2.75) is 33.9 Å². The van der Waals surface area contributed by atoms with Crippen molar-refractivity contribution in [1.29, 1.82) is 0 Å². The van der Waals surface area contributed by atoms with Gasteiger partial charge in [-0.25, -0.2) is 0 Å². The Morgan fingerprint density at radius 2 is 2.18 bits per heavy atom. The van der Waals surface area contributed by atoms with Crippen molar-refractivity contribution in [1.82, 2.24) is 14.3 Å². The van der Waals surface area contributed by atoms with Gasteiger partial charge in [0.25, 0.3) is 0 Å². The lowest BCUT2D eigenvalue weighted by Gasteiger charge is -2.07. The molecule has 92 valence electrons. The normalized spacial score (nSPS) is 11.1. The number of nitrogens with zero attached hydrogens (tertiary/aromatic N) is 3. The van der Waals surface area contributed by atoms with Crippen LogP contribution in [0.1, 0.15) is 24.0 Å². The predicted molar refractivity (Wildman–Crippen MR) is 72.8 cm³/mol. The van der Waals surface area contributed by atoms with Crippen molar-refractivity contribution in [3.05, 3.63) is 36.6 Å². The van der Waals surface area contributed by atoms with Crippen LogP contribution in [0.3, 0.4) is 0 Å². The summed E-state index contributed by atoms with van der Waals surface area (Å²) < 4.78 is 4.71. The van der Waals surface area contributed by atoms with Crippen LogP contribution in [-0.2, 0) is 13.1 Å². The van der Waals surface area contributed by atoms with E-state index >= 15 is 0 Å². The Morgan fingerprint density at radius 1 is 1.47 bits per heavy atom. The topological polar surface area (TPSA) is 39.8 Å². The standard InChI is InChI=1S/C11H14BrN3OS/c1-4-15-9(10(12)8(3)13-15)5-14-7(2)6-17-11(14)16/h6H,4-5H2,1-3H3. The van der Waals surface area contributed by atoms with Gasteiger partial charge >= 0.3 is 4.87 Å². The van der Waals surface area contributed by atoms with Gasteiger partial charge in [0.2, 0.25) is 0 Å². The van der Waals surface area contributed by atoms with Crippen LogP contribution in [0, 0.1) is 13.8 Å². The van der Waals surface area contributed by atoms with Crippen molar-refractivity contribution < 1.29 is 0 Å². The van der Waals surface area contributed by atoms with Crippen LogP contribution in [0.25, 0.3) is 0 Å². The molecule has 0 N–H and O–H groups in total. The van der Waals surface area contributed by atoms with Crippen molar-refractivity contribution in [2.75, 3.05) is 0 Å². The smallest absolute Gasteiger partial charge is 0.297 e. The molecule has 2 heterocycles. The average Bonchev–Trinajstić information content (AvgIpc) is 2.76. The highest BCUT2D eigenvalue weighted by Gasteiger charge is 2.14. The molecule has 6 heteroatoms. The summed E-state index contributed by atoms with van der Waals surface area (Å²) in [6.07, 6.45) is 0. The summed E-state index contributed by atoms with van der Waals surface area (Å²) in [7, 11) is 0. The molecule has 0 aliphatic rings. The zero-order valence-electron chi connectivity index (χ0n) is 10.0. The zero-order valence-corrected chi connectivity index (χ0v) is 12.4. The Kier molecular flexibility index (Phi) is 3.53. The van der Waals surface area contributed by atoms with Crippen LogP contribution in [-0.4, -0.2) is 14.3 Å². The third kappa shape index (κ3) is 2.24. The first-order valence-electron chi connectivity index (χ1n) is 5.41. The molecule has 0 spiro atoms. The molecule has 0 atom stereocenters. The Hall–Kier alpha value is -0.880. The maximum absolute atomic E-state index is 11.7. The van der Waals surface area contributed by atoms with Crippen LogP contribution in [0.15, 0.2) is 14.6 Å². The van der Waals surface area contributed by atoms with E-state index in [0.717, 1.165) is 28.1 Å². The highest BCUT2D eigenvalue weighted by molar-refractivity contribution is 9.10. The van der Waals surface area contributed by atoms with Crippen LogP contribution < -0.4 is 4.87 Å². The monoisotopic (exact) mass is 315 g/mol. The first-order chi connectivity index (χ1) is 8.04. The number of aryl methyl sites for hydroxylation is 3. The minimum atomic E-state index is 0.0795. The number of rotatable bonds is 3. The van der Waals surface area contributed by atoms with E-state index in [2.05, 4.69) is 21.0 Å². The number of aromatic nitrogens is 3. The van der Waals surface area contributed by atoms with E-state index in [4.69, 9.17) is 0 Å². The van der Waals surface area contributed by atoms with Crippen molar-refractivity contribution in [3.63, 3.8) is 0 Å². The van der Waals surface area contributed by atoms with Crippen LogP contribution in [0.5, 0.6) is 0 Å². The molecule has 0 bridgehead atoms. The Bertz CT molecular complexity index is 596. The van der Waals surface area contributed by atoms with Crippen LogP contribution >= 0.6 is 27.3 Å². The molecule has 2 aromatic heterocycles. The summed E-state index contributed by atoms with van der Waals surface area (Å²) in [4.78, 5) is 11.8. The molecule has 2 aromatic rings. The summed E-state index contributed by atoms with van der Waals surface area (Å²) in [6.45, 7) is 7.34. The number of hydrogen-bond acceptors (Lipinski definition) is 3. The molecule has 0 unspecified atom stereocenters. The molecule has 0 aromatic carbocycles. The fraction of sp³-hybridized carbons (Fsp3) is 0.455. The summed E-state index contributed by atoms with van der Waals surface area (Å²) in [5.74, 6) is 0. The molecule has 0 saturated heterocycles. The third-order valence-electron chi connectivity index (χ3n) is 2.74. The van der Waals surface area contributed by atoms with Crippen LogP contribution in [0.2, 0.25) is 0 Å². The van der Waals surface area contributed by atoms with E-state index in [-0.39, 0.29) is 4.87 Å². The van der Waals surface area contributed by atoms with Gasteiger partial charge < -0.3 is 0 Å².